The van der Waals surface area contributed by atoms with E-state index in [9.17, 15) is 4.79 Å². The van der Waals surface area contributed by atoms with E-state index in [0.717, 1.165) is 11.3 Å². The molecule has 0 atom stereocenters. The van der Waals surface area contributed by atoms with Crippen LogP contribution in [0, 0.1) is 6.92 Å². The lowest BCUT2D eigenvalue weighted by atomic mass is 10.2. The minimum absolute atomic E-state index is 0.279. The van der Waals surface area contributed by atoms with Crippen LogP contribution in [0.4, 0.5) is 5.69 Å². The van der Waals surface area contributed by atoms with Crippen molar-refractivity contribution in [2.75, 3.05) is 31.6 Å². The van der Waals surface area contributed by atoms with Gasteiger partial charge in [-0.3, -0.25) is 4.79 Å². The van der Waals surface area contributed by atoms with E-state index >= 15 is 0 Å². The van der Waals surface area contributed by atoms with E-state index in [4.69, 9.17) is 5.11 Å². The molecule has 0 bridgehead atoms. The van der Waals surface area contributed by atoms with E-state index in [1.807, 2.05) is 38.2 Å². The first-order valence-corrected chi connectivity index (χ1v) is 5.31. The first-order chi connectivity index (χ1) is 7.69. The second kappa shape index (κ2) is 6.25. The smallest absolute Gasteiger partial charge is 0.252 e. The van der Waals surface area contributed by atoms with Crippen molar-refractivity contribution in [2.45, 2.75) is 6.92 Å². The number of amides is 1. The number of anilines is 1. The fourth-order valence-corrected chi connectivity index (χ4v) is 1.43. The van der Waals surface area contributed by atoms with E-state index < -0.39 is 6.61 Å². The molecule has 1 amide bonds. The van der Waals surface area contributed by atoms with Gasteiger partial charge in [0.05, 0.1) is 0 Å². The van der Waals surface area contributed by atoms with Gasteiger partial charge < -0.3 is 15.3 Å². The summed E-state index contributed by atoms with van der Waals surface area (Å²) < 4.78 is 0. The number of carbonyl (C=O) groups is 1. The van der Waals surface area contributed by atoms with E-state index in [1.165, 1.54) is 0 Å². The monoisotopic (exact) mass is 222 g/mol. The summed E-state index contributed by atoms with van der Waals surface area (Å²) >= 11 is 0. The quantitative estimate of drug-likeness (QED) is 0.764. The third-order valence-electron chi connectivity index (χ3n) is 2.37. The molecular formula is C12H18N2O2. The minimum atomic E-state index is -0.461. The van der Waals surface area contributed by atoms with Crippen LogP contribution in [0.3, 0.4) is 0 Å². The first-order valence-electron chi connectivity index (χ1n) is 5.31. The number of likely N-dealkylation sites (N-methyl/N-ethyl adjacent to an activating group) is 1. The molecule has 0 aromatic heterocycles. The number of carbonyl (C=O) groups excluding carboxylic acids is 1. The van der Waals surface area contributed by atoms with Gasteiger partial charge in [-0.05, 0) is 26.1 Å². The summed E-state index contributed by atoms with van der Waals surface area (Å²) in [5.74, 6) is -0.279. The highest BCUT2D eigenvalue weighted by atomic mass is 16.3. The number of aliphatic hydroxyl groups excluding tert-OH is 1. The van der Waals surface area contributed by atoms with Crippen molar-refractivity contribution in [3.8, 4) is 0 Å². The van der Waals surface area contributed by atoms with Crippen LogP contribution < -0.4 is 10.2 Å². The summed E-state index contributed by atoms with van der Waals surface area (Å²) in [5.41, 5.74) is 1.97. The number of aryl methyl sites for hydroxylation is 1. The summed E-state index contributed by atoms with van der Waals surface area (Å²) in [5, 5.41) is 11.9. The third kappa shape index (κ3) is 3.32. The number of hydrogen-bond donors (Lipinski definition) is 2. The zero-order valence-corrected chi connectivity index (χ0v) is 9.73. The van der Waals surface area contributed by atoms with E-state index in [-0.39, 0.29) is 5.91 Å². The standard InChI is InChI=1S/C12H18N2O2/c1-10-3-5-11(6-4-10)14(8-7-13-2)12(16)9-15/h3-6,13,15H,7-9H2,1-2H3. The lowest BCUT2D eigenvalue weighted by Crippen LogP contribution is -2.37. The van der Waals surface area contributed by atoms with Crippen LogP contribution >= 0.6 is 0 Å². The van der Waals surface area contributed by atoms with Crippen LogP contribution in [0.2, 0.25) is 0 Å². The van der Waals surface area contributed by atoms with Crippen molar-refractivity contribution in [2.24, 2.45) is 0 Å². The summed E-state index contributed by atoms with van der Waals surface area (Å²) in [6, 6.07) is 7.68. The van der Waals surface area contributed by atoms with Gasteiger partial charge in [-0.1, -0.05) is 17.7 Å². The third-order valence-corrected chi connectivity index (χ3v) is 2.37. The van der Waals surface area contributed by atoms with Gasteiger partial charge in [-0.25, -0.2) is 0 Å². The summed E-state index contributed by atoms with van der Waals surface area (Å²) in [4.78, 5) is 13.1. The number of rotatable bonds is 5. The Morgan fingerprint density at radius 3 is 2.50 bits per heavy atom. The molecule has 0 saturated carbocycles. The zero-order valence-electron chi connectivity index (χ0n) is 9.73. The highest BCUT2D eigenvalue weighted by Crippen LogP contribution is 2.14. The Morgan fingerprint density at radius 1 is 1.38 bits per heavy atom. The average molecular weight is 222 g/mol. The van der Waals surface area contributed by atoms with Gasteiger partial charge in [0.15, 0.2) is 0 Å². The SMILES string of the molecule is CNCCN(C(=O)CO)c1ccc(C)cc1. The predicted molar refractivity (Wildman–Crippen MR) is 64.5 cm³/mol. The molecule has 1 rings (SSSR count). The van der Waals surface area contributed by atoms with Crippen LogP contribution in [-0.4, -0.2) is 37.8 Å². The lowest BCUT2D eigenvalue weighted by molar-refractivity contribution is -0.121. The van der Waals surface area contributed by atoms with Crippen molar-refractivity contribution < 1.29 is 9.90 Å². The summed E-state index contributed by atoms with van der Waals surface area (Å²) in [7, 11) is 1.83. The van der Waals surface area contributed by atoms with E-state index in [2.05, 4.69) is 5.32 Å². The predicted octanol–water partition coefficient (Wildman–Crippen LogP) is 0.540. The Morgan fingerprint density at radius 2 is 2.00 bits per heavy atom. The van der Waals surface area contributed by atoms with Crippen LogP contribution in [-0.2, 0) is 4.79 Å². The molecule has 4 heteroatoms. The van der Waals surface area contributed by atoms with Gasteiger partial charge in [0, 0.05) is 18.8 Å². The van der Waals surface area contributed by atoms with Crippen LogP contribution in [0.5, 0.6) is 0 Å². The molecule has 16 heavy (non-hydrogen) atoms. The van der Waals surface area contributed by atoms with Gasteiger partial charge in [-0.2, -0.15) is 0 Å². The fraction of sp³-hybridized carbons (Fsp3) is 0.417. The molecule has 2 N–H and O–H groups in total. The molecule has 0 aliphatic heterocycles. The Kier molecular flexibility index (Phi) is 4.95. The second-order valence-corrected chi connectivity index (χ2v) is 3.64. The Bertz CT molecular complexity index is 335. The van der Waals surface area contributed by atoms with Crippen molar-refractivity contribution in [3.63, 3.8) is 0 Å². The normalized spacial score (nSPS) is 10.2. The maximum Gasteiger partial charge on any atom is 0.252 e. The number of nitrogens with one attached hydrogen (secondary N) is 1. The Hall–Kier alpha value is -1.39. The molecule has 0 aliphatic carbocycles. The van der Waals surface area contributed by atoms with Gasteiger partial charge in [-0.15, -0.1) is 0 Å². The topological polar surface area (TPSA) is 52.6 Å². The number of nitrogens with zero attached hydrogens (tertiary/aromatic N) is 1. The van der Waals surface area contributed by atoms with Crippen LogP contribution in [0.1, 0.15) is 5.56 Å². The van der Waals surface area contributed by atoms with E-state index in [1.54, 1.807) is 4.90 Å². The number of benzene rings is 1. The van der Waals surface area contributed by atoms with E-state index in [0.29, 0.717) is 13.1 Å². The van der Waals surface area contributed by atoms with Crippen molar-refractivity contribution >= 4 is 11.6 Å². The van der Waals surface area contributed by atoms with Gasteiger partial charge in [0.25, 0.3) is 5.91 Å². The lowest BCUT2D eigenvalue weighted by Gasteiger charge is -2.22. The highest BCUT2D eigenvalue weighted by Gasteiger charge is 2.13. The van der Waals surface area contributed by atoms with Gasteiger partial charge in [0.2, 0.25) is 0 Å². The number of hydrogen-bond acceptors (Lipinski definition) is 3. The first kappa shape index (κ1) is 12.7. The fourth-order valence-electron chi connectivity index (χ4n) is 1.43. The van der Waals surface area contributed by atoms with Gasteiger partial charge >= 0.3 is 0 Å². The van der Waals surface area contributed by atoms with Gasteiger partial charge in [0.1, 0.15) is 6.61 Å². The molecule has 0 fully saturated rings. The molecule has 1 aromatic rings. The largest absolute Gasteiger partial charge is 0.387 e. The molecular weight excluding hydrogens is 204 g/mol. The molecule has 88 valence electrons. The molecule has 0 saturated heterocycles. The van der Waals surface area contributed by atoms with Crippen molar-refractivity contribution in [1.82, 2.24) is 5.32 Å². The summed E-state index contributed by atoms with van der Waals surface area (Å²) in [6.07, 6.45) is 0. The Labute approximate surface area is 95.9 Å². The molecule has 0 aliphatic rings. The molecule has 0 spiro atoms. The molecule has 0 heterocycles. The van der Waals surface area contributed by atoms with Crippen molar-refractivity contribution in [1.29, 1.82) is 0 Å². The average Bonchev–Trinajstić information content (AvgIpc) is 2.31. The van der Waals surface area contributed by atoms with Crippen LogP contribution in [0.15, 0.2) is 24.3 Å². The molecule has 1 aromatic carbocycles. The number of aliphatic hydroxyl groups is 1. The summed E-state index contributed by atoms with van der Waals surface area (Å²) in [6.45, 7) is 2.78. The highest BCUT2D eigenvalue weighted by molar-refractivity contribution is 5.94. The minimum Gasteiger partial charge on any atom is -0.387 e. The van der Waals surface area contributed by atoms with Crippen LogP contribution in [0.25, 0.3) is 0 Å². The van der Waals surface area contributed by atoms with Crippen molar-refractivity contribution in [3.05, 3.63) is 29.8 Å². The zero-order chi connectivity index (χ0) is 12.0. The maximum absolute atomic E-state index is 11.6. The maximum atomic E-state index is 11.6. The molecule has 4 nitrogen and oxygen atoms in total. The molecule has 0 unspecified atom stereocenters. The second-order valence-electron chi connectivity index (χ2n) is 3.64. The Balaban J connectivity index is 2.82. The molecule has 0 radical (unpaired) electrons.